The molecule has 2 rings (SSSR count). The summed E-state index contributed by atoms with van der Waals surface area (Å²) in [6.07, 6.45) is 47.5. The van der Waals surface area contributed by atoms with Crippen LogP contribution < -0.4 is 0 Å². The molecule has 0 aromatic heterocycles. The fourth-order valence-corrected chi connectivity index (χ4v) is 16.0. The van der Waals surface area contributed by atoms with Gasteiger partial charge in [-0.05, 0) is 170 Å². The molecule has 2 saturated carbocycles. The second-order valence-corrected chi connectivity index (χ2v) is 28.7. The standard InChI is InChI=1S/C70H136/c1-19-24-26-38-65-48-59(15)68(65)50-64(33-22-4)47-58(14)69(51-70(17,18)66-39-30-37-63(49-66)42-41-52(6)7)57(13)46-61(32-21-3)43-44-62(45-53(8)9)36-29-35-54(10)34-27-25-28-40-67(56(12)31-20-2)60(16)55(11)23-5/h52-59,61-69H,16,19-51H2,1-15,17-18H3. The van der Waals surface area contributed by atoms with Gasteiger partial charge < -0.3 is 0 Å². The van der Waals surface area contributed by atoms with Crippen molar-refractivity contribution in [3.05, 3.63) is 12.2 Å². The molecule has 0 nitrogen and oxygen atoms in total. The first-order valence-corrected chi connectivity index (χ1v) is 33.0. The third kappa shape index (κ3) is 25.5. The van der Waals surface area contributed by atoms with Crippen LogP contribution in [0.3, 0.4) is 0 Å². The molecule has 15 unspecified atom stereocenters. The Hall–Kier alpha value is -0.260. The zero-order valence-electron chi connectivity index (χ0n) is 51.9. The van der Waals surface area contributed by atoms with Gasteiger partial charge in [0.1, 0.15) is 0 Å². The molecule has 0 heteroatoms. The van der Waals surface area contributed by atoms with E-state index in [0.29, 0.717) is 11.3 Å². The average Bonchev–Trinajstić information content (AvgIpc) is 3.31. The van der Waals surface area contributed by atoms with E-state index in [2.05, 4.69) is 124 Å². The molecular formula is C70H136. The first kappa shape index (κ1) is 65.9. The summed E-state index contributed by atoms with van der Waals surface area (Å²) in [5.74, 6) is 14.8. The summed E-state index contributed by atoms with van der Waals surface area (Å²) < 4.78 is 0. The highest BCUT2D eigenvalue weighted by molar-refractivity contribution is 5.06. The number of rotatable bonds is 43. The summed E-state index contributed by atoms with van der Waals surface area (Å²) in [5, 5.41) is 0. The molecule has 0 aromatic carbocycles. The second kappa shape index (κ2) is 36.7. The van der Waals surface area contributed by atoms with Gasteiger partial charge in [-0.25, -0.2) is 0 Å². The van der Waals surface area contributed by atoms with Crippen LogP contribution in [0.15, 0.2) is 12.2 Å². The Bertz CT molecular complexity index is 1250. The van der Waals surface area contributed by atoms with Gasteiger partial charge in [0.2, 0.25) is 0 Å². The molecule has 2 aliphatic rings. The van der Waals surface area contributed by atoms with Gasteiger partial charge in [0, 0.05) is 0 Å². The van der Waals surface area contributed by atoms with E-state index in [1.807, 2.05) is 0 Å². The van der Waals surface area contributed by atoms with Crippen molar-refractivity contribution in [1.82, 2.24) is 0 Å². The van der Waals surface area contributed by atoms with E-state index < -0.39 is 0 Å². The molecular weight excluding hydrogens is 841 g/mol. The van der Waals surface area contributed by atoms with E-state index in [1.54, 1.807) is 5.57 Å². The van der Waals surface area contributed by atoms with Crippen LogP contribution in [-0.4, -0.2) is 0 Å². The number of allylic oxidation sites excluding steroid dienone is 1. The molecule has 70 heavy (non-hydrogen) atoms. The molecule has 0 heterocycles. The number of hydrogen-bond acceptors (Lipinski definition) is 0. The molecule has 2 aliphatic carbocycles. The zero-order chi connectivity index (χ0) is 52.2. The highest BCUT2D eigenvalue weighted by Gasteiger charge is 2.41. The van der Waals surface area contributed by atoms with Crippen LogP contribution in [0.2, 0.25) is 0 Å². The Labute approximate surface area is 445 Å². The summed E-state index contributed by atoms with van der Waals surface area (Å²) in [5.41, 5.74) is 1.99. The lowest BCUT2D eigenvalue weighted by Gasteiger charge is -2.47. The maximum Gasteiger partial charge on any atom is -0.0178 e. The first-order valence-electron chi connectivity index (χ1n) is 33.0. The van der Waals surface area contributed by atoms with Crippen molar-refractivity contribution < 1.29 is 0 Å². The van der Waals surface area contributed by atoms with Crippen LogP contribution in [-0.2, 0) is 0 Å². The lowest BCUT2D eigenvalue weighted by atomic mass is 9.59. The zero-order valence-corrected chi connectivity index (χ0v) is 51.9. The fourth-order valence-electron chi connectivity index (χ4n) is 16.0. The summed E-state index contributed by atoms with van der Waals surface area (Å²) in [6, 6.07) is 0. The minimum Gasteiger partial charge on any atom is -0.0993 e. The minimum absolute atomic E-state index is 0.440. The Morgan fingerprint density at radius 1 is 0.543 bits per heavy atom. The second-order valence-electron chi connectivity index (χ2n) is 28.7. The number of unbranched alkanes of at least 4 members (excludes halogenated alkanes) is 4. The van der Waals surface area contributed by atoms with Gasteiger partial charge in [-0.15, -0.1) is 0 Å². The van der Waals surface area contributed by atoms with Crippen LogP contribution in [0.5, 0.6) is 0 Å². The smallest absolute Gasteiger partial charge is 0.0178 e. The van der Waals surface area contributed by atoms with E-state index in [1.165, 1.54) is 212 Å². The Balaban J connectivity index is 2.13. The van der Waals surface area contributed by atoms with Gasteiger partial charge in [-0.1, -0.05) is 278 Å². The summed E-state index contributed by atoms with van der Waals surface area (Å²) in [6.45, 7) is 47.8. The lowest BCUT2D eigenvalue weighted by molar-refractivity contribution is 0.0332. The van der Waals surface area contributed by atoms with Crippen LogP contribution >= 0.6 is 0 Å². The van der Waals surface area contributed by atoms with Gasteiger partial charge >= 0.3 is 0 Å². The first-order chi connectivity index (χ1) is 33.3. The molecule has 0 spiro atoms. The van der Waals surface area contributed by atoms with E-state index in [0.717, 1.165) is 94.7 Å². The molecule has 0 aliphatic heterocycles. The molecule has 0 radical (unpaired) electrons. The average molecular weight is 978 g/mol. The lowest BCUT2D eigenvalue weighted by Crippen LogP contribution is -2.37. The molecule has 2 fully saturated rings. The maximum absolute atomic E-state index is 4.65. The molecule has 0 amide bonds. The molecule has 0 N–H and O–H groups in total. The molecule has 416 valence electrons. The van der Waals surface area contributed by atoms with E-state index >= 15 is 0 Å². The van der Waals surface area contributed by atoms with Crippen molar-refractivity contribution in [3.63, 3.8) is 0 Å². The van der Waals surface area contributed by atoms with Crippen LogP contribution in [0.4, 0.5) is 0 Å². The monoisotopic (exact) mass is 977 g/mol. The van der Waals surface area contributed by atoms with Gasteiger partial charge in [-0.3, -0.25) is 0 Å². The molecule has 15 atom stereocenters. The highest BCUT2D eigenvalue weighted by Crippen LogP contribution is 2.51. The summed E-state index contributed by atoms with van der Waals surface area (Å²) in [4.78, 5) is 0. The Morgan fingerprint density at radius 3 is 1.76 bits per heavy atom. The predicted molar refractivity (Wildman–Crippen MR) is 320 cm³/mol. The van der Waals surface area contributed by atoms with E-state index in [-0.39, 0.29) is 0 Å². The quantitative estimate of drug-likeness (QED) is 0.0422. The van der Waals surface area contributed by atoms with Crippen LogP contribution in [0.1, 0.15) is 330 Å². The fraction of sp³-hybridized carbons (Fsp3) is 0.971. The Kier molecular flexibility index (Phi) is 34.5. The summed E-state index contributed by atoms with van der Waals surface area (Å²) >= 11 is 0. The van der Waals surface area contributed by atoms with Crippen molar-refractivity contribution in [2.75, 3.05) is 0 Å². The SMILES string of the molecule is C=C(C(C)CC)C(CCCCCC(C)CCCC(CCC(CCC)CC(C)C(CC(C)(C)C1CCCC(CCC(C)C)C1)C(C)CC(CCC)CC1C(C)CC1CCCCC)CC(C)C)C(C)CCC. The summed E-state index contributed by atoms with van der Waals surface area (Å²) in [7, 11) is 0. The normalized spacial score (nSPS) is 24.4. The number of hydrogen-bond donors (Lipinski definition) is 0. The molecule has 0 saturated heterocycles. The van der Waals surface area contributed by atoms with Gasteiger partial charge in [0.05, 0.1) is 0 Å². The van der Waals surface area contributed by atoms with Crippen LogP contribution in [0.25, 0.3) is 0 Å². The predicted octanol–water partition coefficient (Wildman–Crippen LogP) is 24.2. The van der Waals surface area contributed by atoms with E-state index in [4.69, 9.17) is 0 Å². The topological polar surface area (TPSA) is 0 Å². The third-order valence-electron chi connectivity index (χ3n) is 20.8. The van der Waals surface area contributed by atoms with Crippen molar-refractivity contribution in [3.8, 4) is 0 Å². The maximum atomic E-state index is 4.65. The van der Waals surface area contributed by atoms with Crippen molar-refractivity contribution >= 4 is 0 Å². The van der Waals surface area contributed by atoms with Crippen molar-refractivity contribution in [1.29, 1.82) is 0 Å². The van der Waals surface area contributed by atoms with Gasteiger partial charge in [0.15, 0.2) is 0 Å². The highest BCUT2D eigenvalue weighted by atomic mass is 14.5. The van der Waals surface area contributed by atoms with Crippen molar-refractivity contribution in [2.24, 2.45) is 106 Å². The third-order valence-corrected chi connectivity index (χ3v) is 20.8. The van der Waals surface area contributed by atoms with E-state index in [9.17, 15) is 0 Å². The Morgan fingerprint density at radius 2 is 1.16 bits per heavy atom. The molecule has 0 aromatic rings. The van der Waals surface area contributed by atoms with Crippen molar-refractivity contribution in [2.45, 2.75) is 330 Å². The largest absolute Gasteiger partial charge is 0.0993 e. The van der Waals surface area contributed by atoms with Crippen LogP contribution in [0, 0.1) is 106 Å². The minimum atomic E-state index is 0.440. The van der Waals surface area contributed by atoms with Gasteiger partial charge in [-0.2, -0.15) is 0 Å². The van der Waals surface area contributed by atoms with Gasteiger partial charge in [0.25, 0.3) is 0 Å². The molecule has 0 bridgehead atoms.